The molecule has 26 heavy (non-hydrogen) atoms. The highest BCUT2D eigenvalue weighted by Gasteiger charge is 2.22. The molecule has 0 aromatic heterocycles. The largest absolute Gasteiger partial charge is 0.374 e. The number of aliphatic imine (C=N–C) groups is 1. The van der Waals surface area contributed by atoms with E-state index in [-0.39, 0.29) is 6.10 Å². The van der Waals surface area contributed by atoms with Gasteiger partial charge in [0.05, 0.1) is 19.3 Å². The van der Waals surface area contributed by atoms with Crippen LogP contribution in [0.5, 0.6) is 0 Å². The van der Waals surface area contributed by atoms with E-state index < -0.39 is 0 Å². The average Bonchev–Trinajstić information content (AvgIpc) is 3.10. The fourth-order valence-corrected chi connectivity index (χ4v) is 3.27. The van der Waals surface area contributed by atoms with E-state index in [1.54, 1.807) is 0 Å². The molecule has 0 radical (unpaired) electrons. The molecule has 2 N–H and O–H groups in total. The van der Waals surface area contributed by atoms with Gasteiger partial charge in [0.25, 0.3) is 0 Å². The molecule has 146 valence electrons. The van der Waals surface area contributed by atoms with Gasteiger partial charge in [0.15, 0.2) is 5.96 Å². The van der Waals surface area contributed by atoms with Crippen LogP contribution in [0, 0.1) is 0 Å². The smallest absolute Gasteiger partial charge is 0.191 e. The molecule has 1 saturated heterocycles. The Morgan fingerprint density at radius 3 is 2.58 bits per heavy atom. The summed E-state index contributed by atoms with van der Waals surface area (Å²) >= 11 is 0. The maximum atomic E-state index is 5.64. The molecule has 1 aromatic rings. The lowest BCUT2D eigenvalue weighted by molar-refractivity contribution is 0.0657. The number of likely N-dealkylation sites (N-methyl/N-ethyl adjacent to an activating group) is 1. The highest BCUT2D eigenvalue weighted by Crippen LogP contribution is 2.15. The monoisotopic (exact) mass is 360 g/mol. The van der Waals surface area contributed by atoms with Crippen LogP contribution in [0.15, 0.2) is 29.3 Å². The number of hydrogen-bond donors (Lipinski definition) is 2. The van der Waals surface area contributed by atoms with Gasteiger partial charge in [-0.2, -0.15) is 0 Å². The highest BCUT2D eigenvalue weighted by molar-refractivity contribution is 5.79. The molecule has 0 aliphatic carbocycles. The Balaban J connectivity index is 1.85. The minimum absolute atomic E-state index is 0.261. The zero-order valence-corrected chi connectivity index (χ0v) is 16.9. The first-order chi connectivity index (χ1) is 12.6. The van der Waals surface area contributed by atoms with Crippen molar-refractivity contribution in [3.05, 3.63) is 35.4 Å². The Morgan fingerprint density at radius 2 is 1.92 bits per heavy atom. The molecular weight excluding hydrogens is 324 g/mol. The van der Waals surface area contributed by atoms with Crippen molar-refractivity contribution in [2.45, 2.75) is 65.8 Å². The predicted molar refractivity (Wildman–Crippen MR) is 109 cm³/mol. The first kappa shape index (κ1) is 20.7. The third kappa shape index (κ3) is 6.96. The van der Waals surface area contributed by atoms with Crippen LogP contribution in [0.25, 0.3) is 0 Å². The molecule has 0 spiro atoms. The van der Waals surface area contributed by atoms with E-state index in [2.05, 4.69) is 67.5 Å². The van der Waals surface area contributed by atoms with Crippen LogP contribution in [0.3, 0.4) is 0 Å². The normalized spacial score (nSPS) is 18.5. The molecule has 0 saturated carbocycles. The lowest BCUT2D eigenvalue weighted by Gasteiger charge is -2.24. The number of hydrogen-bond acceptors (Lipinski definition) is 3. The molecule has 1 heterocycles. The van der Waals surface area contributed by atoms with Crippen molar-refractivity contribution < 1.29 is 4.74 Å². The zero-order chi connectivity index (χ0) is 18.8. The fourth-order valence-electron chi connectivity index (χ4n) is 3.27. The van der Waals surface area contributed by atoms with Crippen LogP contribution in [-0.4, -0.2) is 49.2 Å². The summed E-state index contributed by atoms with van der Waals surface area (Å²) in [6.45, 7) is 14.0. The number of benzene rings is 1. The molecule has 0 bridgehead atoms. The van der Waals surface area contributed by atoms with Gasteiger partial charge in [0.1, 0.15) is 0 Å². The van der Waals surface area contributed by atoms with Gasteiger partial charge in [0.2, 0.25) is 0 Å². The number of nitrogens with zero attached hydrogens (tertiary/aromatic N) is 2. The molecule has 5 nitrogen and oxygen atoms in total. The Morgan fingerprint density at radius 1 is 1.19 bits per heavy atom. The van der Waals surface area contributed by atoms with Gasteiger partial charge in [0, 0.05) is 19.1 Å². The topological polar surface area (TPSA) is 48.9 Å². The first-order valence-electron chi connectivity index (χ1n) is 10.1. The van der Waals surface area contributed by atoms with Crippen molar-refractivity contribution in [2.24, 2.45) is 4.99 Å². The summed E-state index contributed by atoms with van der Waals surface area (Å²) in [5.41, 5.74) is 2.42. The van der Waals surface area contributed by atoms with Gasteiger partial charge in [-0.25, -0.2) is 4.99 Å². The second-order valence-electron chi connectivity index (χ2n) is 7.18. The summed E-state index contributed by atoms with van der Waals surface area (Å²) < 4.78 is 5.64. The highest BCUT2D eigenvalue weighted by atomic mass is 16.5. The standard InChI is InChI=1S/C21H36N4O/c1-5-22-21(24-15-20-8-7-13-25(20)6-2)23-14-18-9-11-19(12-10-18)16-26-17(3)4/h9-12,17,20H,5-8,13-16H2,1-4H3,(H2,22,23,24). The predicted octanol–water partition coefficient (Wildman–Crippen LogP) is 3.15. The Bertz CT molecular complexity index is 541. The minimum atomic E-state index is 0.261. The summed E-state index contributed by atoms with van der Waals surface area (Å²) in [5.74, 6) is 0.905. The molecule has 1 fully saturated rings. The third-order valence-electron chi connectivity index (χ3n) is 4.78. The van der Waals surface area contributed by atoms with E-state index in [0.29, 0.717) is 19.2 Å². The fraction of sp³-hybridized carbons (Fsp3) is 0.667. The van der Waals surface area contributed by atoms with Crippen molar-refractivity contribution in [2.75, 3.05) is 26.2 Å². The van der Waals surface area contributed by atoms with E-state index in [1.165, 1.54) is 30.5 Å². The van der Waals surface area contributed by atoms with Gasteiger partial charge < -0.3 is 15.4 Å². The summed E-state index contributed by atoms with van der Waals surface area (Å²) in [7, 11) is 0. The number of nitrogens with one attached hydrogen (secondary N) is 2. The first-order valence-corrected chi connectivity index (χ1v) is 10.1. The van der Waals surface area contributed by atoms with Crippen molar-refractivity contribution >= 4 is 5.96 Å². The second kappa shape index (κ2) is 11.2. The van der Waals surface area contributed by atoms with Crippen LogP contribution < -0.4 is 10.6 Å². The molecule has 0 amide bonds. The zero-order valence-electron chi connectivity index (χ0n) is 16.9. The molecule has 1 atom stereocenters. The van der Waals surface area contributed by atoms with Gasteiger partial charge in [-0.05, 0) is 57.8 Å². The van der Waals surface area contributed by atoms with Crippen LogP contribution >= 0.6 is 0 Å². The number of ether oxygens (including phenoxy) is 1. The Kier molecular flexibility index (Phi) is 8.92. The van der Waals surface area contributed by atoms with Crippen molar-refractivity contribution in [3.8, 4) is 0 Å². The third-order valence-corrected chi connectivity index (χ3v) is 4.78. The summed E-state index contributed by atoms with van der Waals surface area (Å²) in [6, 6.07) is 9.17. The summed E-state index contributed by atoms with van der Waals surface area (Å²) in [6.07, 6.45) is 2.84. The van der Waals surface area contributed by atoms with Crippen molar-refractivity contribution in [1.82, 2.24) is 15.5 Å². The number of guanidine groups is 1. The Hall–Kier alpha value is -1.59. The van der Waals surface area contributed by atoms with Crippen LogP contribution in [-0.2, 0) is 17.9 Å². The van der Waals surface area contributed by atoms with E-state index >= 15 is 0 Å². The molecule has 5 heteroatoms. The van der Waals surface area contributed by atoms with E-state index in [1.807, 2.05) is 0 Å². The molecule has 1 unspecified atom stereocenters. The van der Waals surface area contributed by atoms with Gasteiger partial charge in [-0.1, -0.05) is 31.2 Å². The molecular formula is C21H36N4O. The lowest BCUT2D eigenvalue weighted by atomic mass is 10.1. The second-order valence-corrected chi connectivity index (χ2v) is 7.18. The van der Waals surface area contributed by atoms with E-state index in [4.69, 9.17) is 9.73 Å². The maximum absolute atomic E-state index is 5.64. The molecule has 2 rings (SSSR count). The quantitative estimate of drug-likeness (QED) is 0.525. The van der Waals surface area contributed by atoms with Crippen molar-refractivity contribution in [3.63, 3.8) is 0 Å². The molecule has 1 aliphatic heterocycles. The summed E-state index contributed by atoms with van der Waals surface area (Å²) in [4.78, 5) is 7.29. The SMILES string of the molecule is CCNC(=NCc1ccc(COC(C)C)cc1)NCC1CCCN1CC. The van der Waals surface area contributed by atoms with E-state index in [0.717, 1.165) is 25.6 Å². The molecule has 1 aromatic carbocycles. The van der Waals surface area contributed by atoms with Crippen LogP contribution in [0.2, 0.25) is 0 Å². The maximum Gasteiger partial charge on any atom is 0.191 e. The lowest BCUT2D eigenvalue weighted by Crippen LogP contribution is -2.44. The van der Waals surface area contributed by atoms with Gasteiger partial charge >= 0.3 is 0 Å². The van der Waals surface area contributed by atoms with Gasteiger partial charge in [-0.3, -0.25) is 4.90 Å². The van der Waals surface area contributed by atoms with Crippen molar-refractivity contribution in [1.29, 1.82) is 0 Å². The Labute approximate surface area is 159 Å². The van der Waals surface area contributed by atoms with Gasteiger partial charge in [-0.15, -0.1) is 0 Å². The van der Waals surface area contributed by atoms with Crippen LogP contribution in [0.4, 0.5) is 0 Å². The average molecular weight is 361 g/mol. The number of likely N-dealkylation sites (tertiary alicyclic amines) is 1. The van der Waals surface area contributed by atoms with E-state index in [9.17, 15) is 0 Å². The summed E-state index contributed by atoms with van der Waals surface area (Å²) in [5, 5.41) is 6.87. The number of rotatable bonds is 9. The minimum Gasteiger partial charge on any atom is -0.374 e. The van der Waals surface area contributed by atoms with Crippen LogP contribution in [0.1, 0.15) is 51.7 Å². The molecule has 1 aliphatic rings.